The van der Waals surface area contributed by atoms with Crippen molar-refractivity contribution in [1.29, 1.82) is 0 Å². The van der Waals surface area contributed by atoms with Gasteiger partial charge in [-0.1, -0.05) is 4.49 Å². The molecule has 0 atom stereocenters. The number of hydrogen-bond donors (Lipinski definition) is 2. The van der Waals surface area contributed by atoms with E-state index in [0.717, 1.165) is 55.8 Å². The van der Waals surface area contributed by atoms with Crippen LogP contribution in [-0.4, -0.2) is 41.3 Å². The zero-order valence-corrected chi connectivity index (χ0v) is 10.9. The molecule has 2 rings (SSSR count). The van der Waals surface area contributed by atoms with Gasteiger partial charge in [0.15, 0.2) is 0 Å². The highest BCUT2D eigenvalue weighted by molar-refractivity contribution is 7.10. The fraction of sp³-hybridized carbons (Fsp3) is 0.800. The van der Waals surface area contributed by atoms with Gasteiger partial charge >= 0.3 is 0 Å². The molecule has 6 nitrogen and oxygen atoms in total. The number of nitrogens with two attached hydrogens (primary N) is 1. The highest BCUT2D eigenvalue weighted by Gasteiger charge is 2.17. The van der Waals surface area contributed by atoms with Crippen molar-refractivity contribution in [1.82, 2.24) is 14.5 Å². The number of nitrogen functional groups attached to an aromatic ring is 1. The van der Waals surface area contributed by atoms with E-state index in [2.05, 4.69) is 27.0 Å². The van der Waals surface area contributed by atoms with Crippen LogP contribution in [0.25, 0.3) is 0 Å². The lowest BCUT2D eigenvalue weighted by Gasteiger charge is -2.26. The Hall–Kier alpha value is -0.760. The number of hydrazine groups is 1. The number of aromatic nitrogens is 2. The van der Waals surface area contributed by atoms with Crippen LogP contribution in [0.4, 0.5) is 5.00 Å². The monoisotopic (exact) mass is 257 g/mol. The van der Waals surface area contributed by atoms with Crippen molar-refractivity contribution < 1.29 is 4.74 Å². The molecule has 1 aromatic rings. The first-order valence-corrected chi connectivity index (χ1v) is 6.61. The summed E-state index contributed by atoms with van der Waals surface area (Å²) in [4.78, 5) is 2.27. The molecule has 96 valence electrons. The Labute approximate surface area is 105 Å². The van der Waals surface area contributed by atoms with Crippen molar-refractivity contribution >= 4 is 16.5 Å². The predicted molar refractivity (Wildman–Crippen MR) is 67.6 cm³/mol. The third-order valence-electron chi connectivity index (χ3n) is 3.02. The van der Waals surface area contributed by atoms with Crippen LogP contribution >= 0.6 is 11.5 Å². The lowest BCUT2D eigenvalue weighted by molar-refractivity contribution is 0.0548. The van der Waals surface area contributed by atoms with Crippen LogP contribution < -0.4 is 11.3 Å². The largest absolute Gasteiger partial charge is 0.381 e. The van der Waals surface area contributed by atoms with Gasteiger partial charge in [-0.05, 0) is 25.8 Å². The van der Waals surface area contributed by atoms with Crippen LogP contribution in [0.2, 0.25) is 0 Å². The van der Waals surface area contributed by atoms with Gasteiger partial charge in [0.05, 0.1) is 0 Å². The summed E-state index contributed by atoms with van der Waals surface area (Å²) in [6, 6.07) is 0. The molecule has 0 aromatic carbocycles. The van der Waals surface area contributed by atoms with Gasteiger partial charge in [-0.2, -0.15) is 0 Å². The van der Waals surface area contributed by atoms with Crippen LogP contribution in [0.15, 0.2) is 0 Å². The molecule has 7 heteroatoms. The van der Waals surface area contributed by atoms with Crippen molar-refractivity contribution in [3.8, 4) is 0 Å². The molecule has 0 spiro atoms. The molecule has 0 unspecified atom stereocenters. The Morgan fingerprint density at radius 2 is 2.29 bits per heavy atom. The fourth-order valence-corrected chi connectivity index (χ4v) is 2.60. The molecule has 0 amide bonds. The maximum Gasteiger partial charge on any atom is 0.148 e. The summed E-state index contributed by atoms with van der Waals surface area (Å²) in [6.07, 6.45) is 2.31. The zero-order chi connectivity index (χ0) is 12.1. The normalized spacial score (nSPS) is 17.6. The van der Waals surface area contributed by atoms with Gasteiger partial charge < -0.3 is 15.1 Å². The molecule has 17 heavy (non-hydrogen) atoms. The molecule has 2 heterocycles. The minimum absolute atomic E-state index is 0.731. The van der Waals surface area contributed by atoms with Crippen LogP contribution in [-0.2, 0) is 11.3 Å². The molecule has 1 fully saturated rings. The number of ether oxygens (including phenoxy) is 1. The van der Waals surface area contributed by atoms with Crippen molar-refractivity contribution in [2.24, 2.45) is 11.8 Å². The van der Waals surface area contributed by atoms with E-state index < -0.39 is 0 Å². The molecule has 3 N–H and O–H groups in total. The molecular formula is C10H19N5OS. The van der Waals surface area contributed by atoms with Crippen molar-refractivity contribution in [2.45, 2.75) is 19.4 Å². The van der Waals surface area contributed by atoms with Crippen LogP contribution in [0.5, 0.6) is 0 Å². The van der Waals surface area contributed by atoms with Crippen LogP contribution in [0, 0.1) is 5.92 Å². The van der Waals surface area contributed by atoms with E-state index in [4.69, 9.17) is 10.6 Å². The van der Waals surface area contributed by atoms with Gasteiger partial charge in [0.25, 0.3) is 0 Å². The van der Waals surface area contributed by atoms with Gasteiger partial charge in [0.1, 0.15) is 10.7 Å². The van der Waals surface area contributed by atoms with Crippen molar-refractivity contribution in [2.75, 3.05) is 32.2 Å². The quantitative estimate of drug-likeness (QED) is 0.597. The molecular weight excluding hydrogens is 238 g/mol. The third kappa shape index (κ3) is 3.60. The van der Waals surface area contributed by atoms with Gasteiger partial charge in [-0.3, -0.25) is 0 Å². The molecule has 0 saturated carbocycles. The summed E-state index contributed by atoms with van der Waals surface area (Å²) < 4.78 is 9.25. The van der Waals surface area contributed by atoms with E-state index in [1.807, 2.05) is 0 Å². The van der Waals surface area contributed by atoms with Gasteiger partial charge in [-0.25, -0.2) is 5.84 Å². The first-order valence-electron chi connectivity index (χ1n) is 5.83. The standard InChI is InChI=1S/C10H19N5OS/c1-15(6-8-2-4-16-5-3-8)7-9-10(12-11)17-14-13-9/h8,12H,2-7,11H2,1H3. The molecule has 1 aromatic heterocycles. The first-order chi connectivity index (χ1) is 8.29. The lowest BCUT2D eigenvalue weighted by atomic mass is 10.00. The highest BCUT2D eigenvalue weighted by atomic mass is 32.1. The zero-order valence-electron chi connectivity index (χ0n) is 10.1. The molecule has 0 aliphatic carbocycles. The summed E-state index contributed by atoms with van der Waals surface area (Å²) in [5.41, 5.74) is 3.55. The van der Waals surface area contributed by atoms with E-state index in [0.29, 0.717) is 0 Å². The minimum Gasteiger partial charge on any atom is -0.381 e. The Bertz CT molecular complexity index is 339. The molecule has 1 saturated heterocycles. The Morgan fingerprint density at radius 3 is 3.00 bits per heavy atom. The topological polar surface area (TPSA) is 76.3 Å². The molecule has 0 bridgehead atoms. The number of nitrogens with zero attached hydrogens (tertiary/aromatic N) is 3. The SMILES string of the molecule is CN(Cc1nnsc1NN)CC1CCOCC1. The van der Waals surface area contributed by atoms with E-state index in [9.17, 15) is 0 Å². The average Bonchev–Trinajstić information content (AvgIpc) is 2.77. The van der Waals surface area contributed by atoms with Gasteiger partial charge in [-0.15, -0.1) is 5.10 Å². The second kappa shape index (κ2) is 6.25. The van der Waals surface area contributed by atoms with E-state index >= 15 is 0 Å². The first kappa shape index (κ1) is 12.7. The smallest absolute Gasteiger partial charge is 0.148 e. The van der Waals surface area contributed by atoms with E-state index in [-0.39, 0.29) is 0 Å². The number of anilines is 1. The Morgan fingerprint density at radius 1 is 1.53 bits per heavy atom. The lowest BCUT2D eigenvalue weighted by Crippen LogP contribution is -2.29. The number of rotatable bonds is 5. The minimum atomic E-state index is 0.731. The predicted octanol–water partition coefficient (Wildman–Crippen LogP) is 0.682. The molecule has 1 aliphatic heterocycles. The molecule has 1 aliphatic rings. The van der Waals surface area contributed by atoms with Gasteiger partial charge in [0.2, 0.25) is 0 Å². The maximum absolute atomic E-state index is 5.40. The summed E-state index contributed by atoms with van der Waals surface area (Å²) in [7, 11) is 2.11. The van der Waals surface area contributed by atoms with Crippen molar-refractivity contribution in [3.63, 3.8) is 0 Å². The summed E-state index contributed by atoms with van der Waals surface area (Å²) in [5, 5.41) is 4.93. The van der Waals surface area contributed by atoms with Crippen molar-refractivity contribution in [3.05, 3.63) is 5.69 Å². The average molecular weight is 257 g/mol. The summed E-state index contributed by atoms with van der Waals surface area (Å²) in [5.74, 6) is 6.13. The maximum atomic E-state index is 5.40. The van der Waals surface area contributed by atoms with E-state index in [1.165, 1.54) is 11.5 Å². The van der Waals surface area contributed by atoms with Gasteiger partial charge in [0, 0.05) is 37.8 Å². The summed E-state index contributed by atoms with van der Waals surface area (Å²) >= 11 is 1.29. The van der Waals surface area contributed by atoms with Crippen LogP contribution in [0.3, 0.4) is 0 Å². The third-order valence-corrected chi connectivity index (χ3v) is 3.72. The van der Waals surface area contributed by atoms with E-state index in [1.54, 1.807) is 0 Å². The Balaban J connectivity index is 1.82. The Kier molecular flexibility index (Phi) is 4.66. The fourth-order valence-electron chi connectivity index (χ4n) is 2.11. The van der Waals surface area contributed by atoms with Crippen LogP contribution in [0.1, 0.15) is 18.5 Å². The highest BCUT2D eigenvalue weighted by Crippen LogP contribution is 2.20. The number of hydrogen-bond acceptors (Lipinski definition) is 7. The second-order valence-electron chi connectivity index (χ2n) is 4.45. The molecule has 0 radical (unpaired) electrons. The summed E-state index contributed by atoms with van der Waals surface area (Å²) in [6.45, 7) is 3.65. The number of nitrogens with one attached hydrogen (secondary N) is 1. The second-order valence-corrected chi connectivity index (χ2v) is 5.20.